The van der Waals surface area contributed by atoms with Crippen LogP contribution in [-0.2, 0) is 16.1 Å². The summed E-state index contributed by atoms with van der Waals surface area (Å²) in [6, 6.07) is 4.73. The Balaban J connectivity index is 2.31. The quantitative estimate of drug-likeness (QED) is 0.907. The molecule has 1 aliphatic heterocycles. The summed E-state index contributed by atoms with van der Waals surface area (Å²) in [5, 5.41) is 3.56. The molecule has 0 aliphatic carbocycles. The molecule has 1 N–H and O–H groups in total. The molecule has 1 aromatic carbocycles. The van der Waals surface area contributed by atoms with Gasteiger partial charge in [0, 0.05) is 6.54 Å². The average Bonchev–Trinajstić information content (AvgIpc) is 2.37. The number of nitrogens with one attached hydrogen (secondary N) is 1. The molecule has 1 unspecified atom stereocenters. The number of benzene rings is 1. The van der Waals surface area contributed by atoms with E-state index in [1.807, 2.05) is 26.8 Å². The zero-order valence-corrected chi connectivity index (χ0v) is 13.8. The van der Waals surface area contributed by atoms with Gasteiger partial charge in [-0.1, -0.05) is 50.0 Å². The highest BCUT2D eigenvalue weighted by Crippen LogP contribution is 2.29. The lowest BCUT2D eigenvalue weighted by atomic mass is 9.83. The van der Waals surface area contributed by atoms with Crippen molar-refractivity contribution in [3.05, 3.63) is 33.8 Å². The second kappa shape index (κ2) is 5.85. The van der Waals surface area contributed by atoms with Crippen molar-refractivity contribution in [3.63, 3.8) is 0 Å². The van der Waals surface area contributed by atoms with E-state index in [1.54, 1.807) is 17.0 Å². The minimum atomic E-state index is -0.506. The number of halogens is 2. The van der Waals surface area contributed by atoms with E-state index in [-0.39, 0.29) is 23.8 Å². The van der Waals surface area contributed by atoms with E-state index in [9.17, 15) is 9.59 Å². The van der Waals surface area contributed by atoms with Crippen LogP contribution in [0, 0.1) is 5.41 Å². The Labute approximate surface area is 134 Å². The molecule has 21 heavy (non-hydrogen) atoms. The van der Waals surface area contributed by atoms with E-state index in [1.165, 1.54) is 0 Å². The Morgan fingerprint density at radius 3 is 2.48 bits per heavy atom. The van der Waals surface area contributed by atoms with Crippen LogP contribution in [0.1, 0.15) is 26.3 Å². The van der Waals surface area contributed by atoms with Crippen LogP contribution in [0.4, 0.5) is 0 Å². The standard InChI is InChI=1S/C15H18Cl2N2O2/c1-15(2,3)13-14(21)18-7-12(20)19(13)8-9-4-5-10(16)11(17)6-9/h4-6,13H,7-8H2,1-3H3,(H,18,21). The van der Waals surface area contributed by atoms with Crippen molar-refractivity contribution in [2.24, 2.45) is 5.41 Å². The molecule has 0 spiro atoms. The summed E-state index contributed by atoms with van der Waals surface area (Å²) in [7, 11) is 0. The van der Waals surface area contributed by atoms with Crippen LogP contribution < -0.4 is 5.32 Å². The van der Waals surface area contributed by atoms with Gasteiger partial charge < -0.3 is 10.2 Å². The highest BCUT2D eigenvalue weighted by molar-refractivity contribution is 6.42. The van der Waals surface area contributed by atoms with E-state index < -0.39 is 6.04 Å². The van der Waals surface area contributed by atoms with Gasteiger partial charge in [0.15, 0.2) is 0 Å². The number of hydrogen-bond acceptors (Lipinski definition) is 2. The Bertz CT molecular complexity index is 582. The molecule has 0 saturated carbocycles. The molecule has 1 saturated heterocycles. The fourth-order valence-electron chi connectivity index (χ4n) is 2.52. The number of piperazine rings is 1. The van der Waals surface area contributed by atoms with Gasteiger partial charge in [0.1, 0.15) is 6.04 Å². The van der Waals surface area contributed by atoms with Crippen LogP contribution in [-0.4, -0.2) is 29.3 Å². The van der Waals surface area contributed by atoms with Crippen LogP contribution in [0.25, 0.3) is 0 Å². The summed E-state index contributed by atoms with van der Waals surface area (Å²) in [5.41, 5.74) is 0.498. The van der Waals surface area contributed by atoms with E-state index in [2.05, 4.69) is 5.32 Å². The second-order valence-corrected chi connectivity index (χ2v) is 7.07. The lowest BCUT2D eigenvalue weighted by Gasteiger charge is -2.42. The summed E-state index contributed by atoms with van der Waals surface area (Å²) in [6.45, 7) is 6.20. The minimum Gasteiger partial charge on any atom is -0.345 e. The van der Waals surface area contributed by atoms with Crippen LogP contribution in [0.3, 0.4) is 0 Å². The highest BCUT2D eigenvalue weighted by Gasteiger charge is 2.41. The van der Waals surface area contributed by atoms with Gasteiger partial charge in [-0.05, 0) is 23.1 Å². The SMILES string of the molecule is CC(C)(C)C1C(=O)NCC(=O)N1Cc1ccc(Cl)c(Cl)c1. The summed E-state index contributed by atoms with van der Waals surface area (Å²) >= 11 is 11.9. The van der Waals surface area contributed by atoms with Gasteiger partial charge in [-0.3, -0.25) is 9.59 Å². The second-order valence-electron chi connectivity index (χ2n) is 6.26. The number of carbonyl (C=O) groups excluding carboxylic acids is 2. The van der Waals surface area contributed by atoms with Crippen molar-refractivity contribution < 1.29 is 9.59 Å². The molecule has 0 aromatic heterocycles. The van der Waals surface area contributed by atoms with Crippen LogP contribution in [0.15, 0.2) is 18.2 Å². The Kier molecular flexibility index (Phi) is 4.49. The van der Waals surface area contributed by atoms with Crippen molar-refractivity contribution >= 4 is 35.0 Å². The molecule has 1 heterocycles. The third kappa shape index (κ3) is 3.50. The first kappa shape index (κ1) is 16.1. The number of hydrogen-bond donors (Lipinski definition) is 1. The maximum atomic E-state index is 12.2. The van der Waals surface area contributed by atoms with Gasteiger partial charge in [-0.15, -0.1) is 0 Å². The first-order valence-electron chi connectivity index (χ1n) is 6.71. The molecule has 1 aliphatic rings. The lowest BCUT2D eigenvalue weighted by molar-refractivity contribution is -0.150. The number of rotatable bonds is 2. The third-order valence-electron chi connectivity index (χ3n) is 3.45. The van der Waals surface area contributed by atoms with Crippen molar-refractivity contribution in [2.45, 2.75) is 33.4 Å². The van der Waals surface area contributed by atoms with Gasteiger partial charge in [-0.2, -0.15) is 0 Å². The molecule has 114 valence electrons. The summed E-state index contributed by atoms with van der Waals surface area (Å²) in [5.74, 6) is -0.220. The zero-order valence-electron chi connectivity index (χ0n) is 12.2. The topological polar surface area (TPSA) is 49.4 Å². The molecular weight excluding hydrogens is 311 g/mol. The van der Waals surface area contributed by atoms with Crippen molar-refractivity contribution in [2.75, 3.05) is 6.54 Å². The molecule has 4 nitrogen and oxygen atoms in total. The zero-order chi connectivity index (χ0) is 15.8. The van der Waals surface area contributed by atoms with Crippen molar-refractivity contribution in [1.29, 1.82) is 0 Å². The fourth-order valence-corrected chi connectivity index (χ4v) is 2.84. The maximum Gasteiger partial charge on any atom is 0.243 e. The minimum absolute atomic E-state index is 0.0345. The third-order valence-corrected chi connectivity index (χ3v) is 4.19. The monoisotopic (exact) mass is 328 g/mol. The molecule has 6 heteroatoms. The Hall–Kier alpha value is -1.26. The molecule has 0 radical (unpaired) electrons. The Morgan fingerprint density at radius 2 is 1.90 bits per heavy atom. The molecular formula is C15H18Cl2N2O2. The summed E-state index contributed by atoms with van der Waals surface area (Å²) in [6.07, 6.45) is 0. The van der Waals surface area contributed by atoms with Crippen molar-refractivity contribution in [3.8, 4) is 0 Å². The van der Waals surface area contributed by atoms with E-state index >= 15 is 0 Å². The van der Waals surface area contributed by atoms with Crippen molar-refractivity contribution in [1.82, 2.24) is 10.2 Å². The summed E-state index contributed by atoms with van der Waals surface area (Å²) in [4.78, 5) is 26.0. The number of carbonyl (C=O) groups is 2. The average molecular weight is 329 g/mol. The largest absolute Gasteiger partial charge is 0.345 e. The van der Waals surface area contributed by atoms with E-state index in [0.29, 0.717) is 16.6 Å². The van der Waals surface area contributed by atoms with Gasteiger partial charge in [0.25, 0.3) is 0 Å². The molecule has 2 rings (SSSR count). The highest BCUT2D eigenvalue weighted by atomic mass is 35.5. The molecule has 1 atom stereocenters. The lowest BCUT2D eigenvalue weighted by Crippen LogP contribution is -2.62. The molecule has 1 fully saturated rings. The molecule has 0 bridgehead atoms. The number of nitrogens with zero attached hydrogens (tertiary/aromatic N) is 1. The normalized spacial score (nSPS) is 19.7. The smallest absolute Gasteiger partial charge is 0.243 e. The van der Waals surface area contributed by atoms with Gasteiger partial charge in [0.05, 0.1) is 16.6 Å². The van der Waals surface area contributed by atoms with Crippen LogP contribution in [0.5, 0.6) is 0 Å². The van der Waals surface area contributed by atoms with Gasteiger partial charge in [0.2, 0.25) is 11.8 Å². The Morgan fingerprint density at radius 1 is 1.24 bits per heavy atom. The van der Waals surface area contributed by atoms with Crippen LogP contribution >= 0.6 is 23.2 Å². The predicted octanol–water partition coefficient (Wildman–Crippen LogP) is 2.87. The first-order valence-corrected chi connectivity index (χ1v) is 7.47. The van der Waals surface area contributed by atoms with E-state index in [4.69, 9.17) is 23.2 Å². The summed E-state index contributed by atoms with van der Waals surface area (Å²) < 4.78 is 0. The fraction of sp³-hybridized carbons (Fsp3) is 0.467. The number of amides is 2. The molecule has 2 amide bonds. The maximum absolute atomic E-state index is 12.2. The van der Waals surface area contributed by atoms with Gasteiger partial charge in [-0.25, -0.2) is 0 Å². The van der Waals surface area contributed by atoms with E-state index in [0.717, 1.165) is 5.56 Å². The van der Waals surface area contributed by atoms with Gasteiger partial charge >= 0.3 is 0 Å². The predicted molar refractivity (Wildman–Crippen MR) is 83.3 cm³/mol. The first-order chi connectivity index (χ1) is 9.70. The van der Waals surface area contributed by atoms with Crippen LogP contribution in [0.2, 0.25) is 10.0 Å². The molecule has 1 aromatic rings.